The van der Waals surface area contributed by atoms with Crippen LogP contribution in [0.2, 0.25) is 0 Å². The molecule has 1 aliphatic rings. The molecular formula is C22H23N3O3. The molecule has 0 bridgehead atoms. The summed E-state index contributed by atoms with van der Waals surface area (Å²) in [4.78, 5) is 22.1. The minimum absolute atomic E-state index is 0.0721. The minimum atomic E-state index is -0.644. The lowest BCUT2D eigenvalue weighted by Gasteiger charge is -2.30. The normalized spacial score (nSPS) is 15.2. The fraction of sp³-hybridized carbons (Fsp3) is 0.273. The Bertz CT molecular complexity index is 896. The van der Waals surface area contributed by atoms with E-state index in [1.807, 2.05) is 47.4 Å². The predicted octanol–water partition coefficient (Wildman–Crippen LogP) is 3.21. The van der Waals surface area contributed by atoms with Gasteiger partial charge in [-0.15, -0.1) is 0 Å². The number of carbonyl (C=O) groups is 1. The molecule has 28 heavy (non-hydrogen) atoms. The van der Waals surface area contributed by atoms with Crippen molar-refractivity contribution in [3.05, 3.63) is 78.4 Å². The maximum Gasteiger partial charge on any atom is 0.267 e. The first-order valence-corrected chi connectivity index (χ1v) is 9.48. The van der Waals surface area contributed by atoms with E-state index in [9.17, 15) is 4.79 Å². The second-order valence-electron chi connectivity index (χ2n) is 6.79. The Balaban J connectivity index is 1.42. The summed E-state index contributed by atoms with van der Waals surface area (Å²) in [7, 11) is 0. The molecule has 144 valence electrons. The van der Waals surface area contributed by atoms with E-state index in [1.54, 1.807) is 12.5 Å². The number of rotatable bonds is 7. The number of aromatic nitrogens is 2. The first-order chi connectivity index (χ1) is 13.8. The zero-order chi connectivity index (χ0) is 19.2. The fourth-order valence-corrected chi connectivity index (χ4v) is 3.31. The highest BCUT2D eigenvalue weighted by molar-refractivity contribution is 5.82. The second kappa shape index (κ2) is 8.61. The monoisotopic (exact) mass is 377 g/mol. The molecule has 0 spiro atoms. The summed E-state index contributed by atoms with van der Waals surface area (Å²) >= 11 is 0. The third kappa shape index (κ3) is 4.34. The molecule has 2 aromatic carbocycles. The maximum atomic E-state index is 13.2. The number of hydrogen-bond acceptors (Lipinski definition) is 4. The number of para-hydroxylation sites is 2. The van der Waals surface area contributed by atoms with Gasteiger partial charge in [0.1, 0.15) is 6.61 Å². The van der Waals surface area contributed by atoms with Gasteiger partial charge < -0.3 is 19.4 Å². The van der Waals surface area contributed by atoms with Crippen LogP contribution in [0.4, 0.5) is 0 Å². The summed E-state index contributed by atoms with van der Waals surface area (Å²) in [6, 6.07) is 17.7. The highest BCUT2D eigenvalue weighted by atomic mass is 16.6. The Kier molecular flexibility index (Phi) is 5.56. The maximum absolute atomic E-state index is 13.2. The van der Waals surface area contributed by atoms with Gasteiger partial charge in [0.05, 0.1) is 18.6 Å². The summed E-state index contributed by atoms with van der Waals surface area (Å²) in [6.07, 6.45) is 4.50. The number of hydrogen-bond donors (Lipinski definition) is 1. The molecule has 4 rings (SSSR count). The molecule has 1 N–H and O–H groups in total. The van der Waals surface area contributed by atoms with Gasteiger partial charge in [-0.3, -0.25) is 4.79 Å². The Morgan fingerprint density at radius 1 is 1.11 bits per heavy atom. The van der Waals surface area contributed by atoms with Crippen LogP contribution in [0.1, 0.15) is 17.7 Å². The molecule has 0 saturated carbocycles. The average Bonchev–Trinajstić information content (AvgIpc) is 3.26. The van der Waals surface area contributed by atoms with Crippen molar-refractivity contribution >= 4 is 5.91 Å². The van der Waals surface area contributed by atoms with Crippen molar-refractivity contribution in [2.45, 2.75) is 25.5 Å². The van der Waals surface area contributed by atoms with Crippen LogP contribution in [0.15, 0.2) is 67.1 Å². The Hall–Kier alpha value is -3.28. The average molecular weight is 377 g/mol. The summed E-state index contributed by atoms with van der Waals surface area (Å²) in [5, 5.41) is 0. The quantitative estimate of drug-likeness (QED) is 0.687. The molecule has 1 amide bonds. The molecule has 6 nitrogen and oxygen atoms in total. The van der Waals surface area contributed by atoms with E-state index in [0.717, 1.165) is 18.5 Å². The van der Waals surface area contributed by atoms with Crippen LogP contribution in [-0.4, -0.2) is 40.0 Å². The first kappa shape index (κ1) is 18.1. The first-order valence-electron chi connectivity index (χ1n) is 9.48. The number of benzene rings is 2. The SMILES string of the molecule is O=C([C@@H]1COc2ccccc2O1)N(CCCc1ccccc1)Cc1cnc[nH]1. The Labute approximate surface area is 164 Å². The molecule has 1 aliphatic heterocycles. The molecule has 0 fully saturated rings. The highest BCUT2D eigenvalue weighted by Gasteiger charge is 2.31. The van der Waals surface area contributed by atoms with Gasteiger partial charge in [0.2, 0.25) is 6.10 Å². The van der Waals surface area contributed by atoms with E-state index in [4.69, 9.17) is 9.47 Å². The topological polar surface area (TPSA) is 67.5 Å². The van der Waals surface area contributed by atoms with Gasteiger partial charge in [0.25, 0.3) is 5.91 Å². The number of nitrogens with zero attached hydrogens (tertiary/aromatic N) is 2. The van der Waals surface area contributed by atoms with Crippen molar-refractivity contribution in [3.63, 3.8) is 0 Å². The van der Waals surface area contributed by atoms with Gasteiger partial charge in [-0.25, -0.2) is 4.98 Å². The molecular weight excluding hydrogens is 354 g/mol. The van der Waals surface area contributed by atoms with Crippen LogP contribution >= 0.6 is 0 Å². The number of imidazole rings is 1. The number of aryl methyl sites for hydroxylation is 1. The summed E-state index contributed by atoms with van der Waals surface area (Å²) in [5.74, 6) is 1.21. The number of aromatic amines is 1. The third-order valence-corrected chi connectivity index (χ3v) is 4.75. The molecule has 2 heterocycles. The Morgan fingerprint density at radius 3 is 2.68 bits per heavy atom. The summed E-state index contributed by atoms with van der Waals surface area (Å²) in [5.41, 5.74) is 2.16. The molecule has 0 saturated heterocycles. The largest absolute Gasteiger partial charge is 0.485 e. The van der Waals surface area contributed by atoms with E-state index in [2.05, 4.69) is 22.1 Å². The van der Waals surface area contributed by atoms with Crippen molar-refractivity contribution in [3.8, 4) is 11.5 Å². The lowest BCUT2D eigenvalue weighted by atomic mass is 10.1. The van der Waals surface area contributed by atoms with Crippen LogP contribution in [-0.2, 0) is 17.8 Å². The third-order valence-electron chi connectivity index (χ3n) is 4.75. The van der Waals surface area contributed by atoms with Crippen LogP contribution in [0, 0.1) is 0 Å². The smallest absolute Gasteiger partial charge is 0.267 e. The van der Waals surface area contributed by atoms with Crippen molar-refractivity contribution in [2.24, 2.45) is 0 Å². The summed E-state index contributed by atoms with van der Waals surface area (Å²) in [6.45, 7) is 1.32. The van der Waals surface area contributed by atoms with E-state index in [1.165, 1.54) is 5.56 Å². The van der Waals surface area contributed by atoms with Crippen molar-refractivity contribution in [1.29, 1.82) is 0 Å². The molecule has 0 radical (unpaired) electrons. The van der Waals surface area contributed by atoms with Gasteiger partial charge in [-0.05, 0) is 30.5 Å². The van der Waals surface area contributed by atoms with Gasteiger partial charge in [-0.2, -0.15) is 0 Å². The molecule has 1 aromatic heterocycles. The lowest BCUT2D eigenvalue weighted by molar-refractivity contribution is -0.142. The van der Waals surface area contributed by atoms with Crippen molar-refractivity contribution < 1.29 is 14.3 Å². The molecule has 1 atom stereocenters. The van der Waals surface area contributed by atoms with Crippen LogP contribution in [0.3, 0.4) is 0 Å². The number of ether oxygens (including phenoxy) is 2. The number of fused-ring (bicyclic) bond motifs is 1. The van der Waals surface area contributed by atoms with Gasteiger partial charge in [0.15, 0.2) is 11.5 Å². The zero-order valence-electron chi connectivity index (χ0n) is 15.6. The minimum Gasteiger partial charge on any atom is -0.485 e. The van der Waals surface area contributed by atoms with E-state index in [-0.39, 0.29) is 12.5 Å². The zero-order valence-corrected chi connectivity index (χ0v) is 15.6. The van der Waals surface area contributed by atoms with E-state index >= 15 is 0 Å². The highest BCUT2D eigenvalue weighted by Crippen LogP contribution is 2.31. The number of carbonyl (C=O) groups excluding carboxylic acids is 1. The van der Waals surface area contributed by atoms with Gasteiger partial charge >= 0.3 is 0 Å². The van der Waals surface area contributed by atoms with Crippen LogP contribution < -0.4 is 9.47 Å². The standard InChI is InChI=1S/C22H23N3O3/c26-22(21-15-27-19-10-4-5-11-20(19)28-21)25(14-18-13-23-16-24-18)12-6-9-17-7-2-1-3-8-17/h1-5,7-8,10-11,13,16,21H,6,9,12,14-15H2,(H,23,24)/t21-/m0/s1. The molecule has 0 aliphatic carbocycles. The van der Waals surface area contributed by atoms with Crippen LogP contribution in [0.5, 0.6) is 11.5 Å². The van der Waals surface area contributed by atoms with Crippen LogP contribution in [0.25, 0.3) is 0 Å². The second-order valence-corrected chi connectivity index (χ2v) is 6.79. The van der Waals surface area contributed by atoms with Crippen molar-refractivity contribution in [2.75, 3.05) is 13.2 Å². The van der Waals surface area contributed by atoms with Gasteiger partial charge in [0, 0.05) is 12.7 Å². The number of nitrogens with one attached hydrogen (secondary N) is 1. The van der Waals surface area contributed by atoms with Crippen molar-refractivity contribution in [1.82, 2.24) is 14.9 Å². The van der Waals surface area contributed by atoms with Gasteiger partial charge in [-0.1, -0.05) is 42.5 Å². The molecule has 6 heteroatoms. The number of H-pyrrole nitrogens is 1. The molecule has 3 aromatic rings. The fourth-order valence-electron chi connectivity index (χ4n) is 3.31. The van der Waals surface area contributed by atoms with E-state index in [0.29, 0.717) is 24.6 Å². The predicted molar refractivity (Wildman–Crippen MR) is 105 cm³/mol. The lowest BCUT2D eigenvalue weighted by Crippen LogP contribution is -2.46. The molecule has 0 unspecified atom stereocenters. The Morgan fingerprint density at radius 2 is 1.89 bits per heavy atom. The van der Waals surface area contributed by atoms with E-state index < -0.39 is 6.10 Å². The summed E-state index contributed by atoms with van der Waals surface area (Å²) < 4.78 is 11.6. The number of amides is 1.